The van der Waals surface area contributed by atoms with Gasteiger partial charge in [0.2, 0.25) is 0 Å². The molecule has 124 valence electrons. The predicted molar refractivity (Wildman–Crippen MR) is 87.8 cm³/mol. The third kappa shape index (κ3) is 3.32. The zero-order valence-electron chi connectivity index (χ0n) is 13.2. The Morgan fingerprint density at radius 3 is 2.58 bits per heavy atom. The second kappa shape index (κ2) is 7.04. The molecule has 0 aliphatic carbocycles. The van der Waals surface area contributed by atoms with E-state index in [4.69, 9.17) is 14.2 Å². The van der Waals surface area contributed by atoms with E-state index in [9.17, 15) is 9.59 Å². The van der Waals surface area contributed by atoms with Gasteiger partial charge in [0.25, 0.3) is 5.91 Å². The highest BCUT2D eigenvalue weighted by molar-refractivity contribution is 6.07. The van der Waals surface area contributed by atoms with Gasteiger partial charge >= 0.3 is 5.97 Å². The fourth-order valence-electron chi connectivity index (χ4n) is 2.36. The van der Waals surface area contributed by atoms with Gasteiger partial charge in [0.15, 0.2) is 11.5 Å². The lowest BCUT2D eigenvalue weighted by molar-refractivity contribution is 0.0526. The minimum absolute atomic E-state index is 0.304. The molecule has 24 heavy (non-hydrogen) atoms. The first-order chi connectivity index (χ1) is 11.7. The van der Waals surface area contributed by atoms with Crippen LogP contribution in [0.5, 0.6) is 11.5 Å². The number of fused-ring (bicyclic) bond motifs is 1. The number of carbonyl (C=O) groups is 2. The Bertz CT molecular complexity index is 755. The average Bonchev–Trinajstić information content (AvgIpc) is 2.62. The number of para-hydroxylation sites is 1. The van der Waals surface area contributed by atoms with Crippen molar-refractivity contribution in [1.29, 1.82) is 0 Å². The number of hydrogen-bond donors (Lipinski definition) is 1. The number of benzene rings is 2. The Kier molecular flexibility index (Phi) is 4.65. The van der Waals surface area contributed by atoms with Crippen LogP contribution in [-0.4, -0.2) is 31.7 Å². The van der Waals surface area contributed by atoms with Crippen LogP contribution in [0.2, 0.25) is 0 Å². The Morgan fingerprint density at radius 1 is 1.08 bits per heavy atom. The van der Waals surface area contributed by atoms with Gasteiger partial charge in [-0.1, -0.05) is 6.07 Å². The van der Waals surface area contributed by atoms with E-state index < -0.39 is 5.97 Å². The molecule has 6 heteroatoms. The van der Waals surface area contributed by atoms with E-state index in [0.717, 1.165) is 0 Å². The number of esters is 1. The molecule has 0 fully saturated rings. The topological polar surface area (TPSA) is 73.9 Å². The zero-order chi connectivity index (χ0) is 16.9. The fraction of sp³-hybridized carbons (Fsp3) is 0.222. The Labute approximate surface area is 139 Å². The van der Waals surface area contributed by atoms with Crippen molar-refractivity contribution in [3.05, 3.63) is 53.6 Å². The molecule has 1 aliphatic heterocycles. The van der Waals surface area contributed by atoms with Gasteiger partial charge in [-0.15, -0.1) is 0 Å². The molecule has 1 amide bonds. The van der Waals surface area contributed by atoms with Gasteiger partial charge in [-0.05, 0) is 43.3 Å². The summed E-state index contributed by atoms with van der Waals surface area (Å²) in [5.74, 6) is 0.315. The van der Waals surface area contributed by atoms with Crippen molar-refractivity contribution in [2.75, 3.05) is 25.1 Å². The van der Waals surface area contributed by atoms with Gasteiger partial charge in [0.05, 0.1) is 17.7 Å². The van der Waals surface area contributed by atoms with Crippen LogP contribution in [-0.2, 0) is 4.74 Å². The second-order valence-corrected chi connectivity index (χ2v) is 5.08. The van der Waals surface area contributed by atoms with Crippen LogP contribution in [0.1, 0.15) is 27.6 Å². The molecule has 0 saturated heterocycles. The number of amides is 1. The monoisotopic (exact) mass is 327 g/mol. The first-order valence-electron chi connectivity index (χ1n) is 7.66. The lowest BCUT2D eigenvalue weighted by atomic mass is 10.1. The molecule has 0 bridgehead atoms. The van der Waals surface area contributed by atoms with Gasteiger partial charge in [-0.25, -0.2) is 4.79 Å². The van der Waals surface area contributed by atoms with Crippen molar-refractivity contribution in [1.82, 2.24) is 0 Å². The summed E-state index contributed by atoms with van der Waals surface area (Å²) in [6.45, 7) is 2.94. The summed E-state index contributed by atoms with van der Waals surface area (Å²) in [5.41, 5.74) is 1.41. The van der Waals surface area contributed by atoms with E-state index in [1.54, 1.807) is 49.4 Å². The normalized spacial score (nSPS) is 12.4. The van der Waals surface area contributed by atoms with E-state index in [0.29, 0.717) is 48.1 Å². The van der Waals surface area contributed by atoms with E-state index in [-0.39, 0.29) is 5.91 Å². The molecule has 0 radical (unpaired) electrons. The largest absolute Gasteiger partial charge is 0.486 e. The van der Waals surface area contributed by atoms with Crippen LogP contribution in [0.3, 0.4) is 0 Å². The van der Waals surface area contributed by atoms with Gasteiger partial charge in [0, 0.05) is 5.69 Å². The molecule has 1 aliphatic rings. The van der Waals surface area contributed by atoms with Crippen molar-refractivity contribution in [3.8, 4) is 11.5 Å². The third-order valence-corrected chi connectivity index (χ3v) is 3.46. The predicted octanol–water partition coefficient (Wildman–Crippen LogP) is 2.89. The molecule has 2 aromatic rings. The van der Waals surface area contributed by atoms with Crippen LogP contribution >= 0.6 is 0 Å². The molecular weight excluding hydrogens is 310 g/mol. The lowest BCUT2D eigenvalue weighted by Gasteiger charge is -2.20. The standard InChI is InChI=1S/C18H17NO5/c1-2-22-18(21)12-6-8-13(9-7-12)19-17(20)14-4-3-5-15-16(14)24-11-10-23-15/h3-9H,2,10-11H2,1H3,(H,19,20). The van der Waals surface area contributed by atoms with Crippen molar-refractivity contribution >= 4 is 17.6 Å². The minimum atomic E-state index is -0.391. The van der Waals surface area contributed by atoms with E-state index >= 15 is 0 Å². The number of hydrogen-bond acceptors (Lipinski definition) is 5. The molecule has 6 nitrogen and oxygen atoms in total. The highest BCUT2D eigenvalue weighted by atomic mass is 16.6. The first kappa shape index (κ1) is 15.9. The second-order valence-electron chi connectivity index (χ2n) is 5.08. The smallest absolute Gasteiger partial charge is 0.338 e. The molecule has 0 spiro atoms. The summed E-state index contributed by atoms with van der Waals surface area (Å²) in [4.78, 5) is 24.1. The molecular formula is C18H17NO5. The maximum Gasteiger partial charge on any atom is 0.338 e. The van der Waals surface area contributed by atoms with Crippen LogP contribution in [0.4, 0.5) is 5.69 Å². The maximum absolute atomic E-state index is 12.5. The summed E-state index contributed by atoms with van der Waals surface area (Å²) in [7, 11) is 0. The van der Waals surface area contributed by atoms with E-state index in [1.807, 2.05) is 0 Å². The summed E-state index contributed by atoms with van der Waals surface area (Å²) in [5, 5.41) is 2.78. The maximum atomic E-state index is 12.5. The molecule has 1 N–H and O–H groups in total. The van der Waals surface area contributed by atoms with Gasteiger partial charge in [0.1, 0.15) is 13.2 Å². The molecule has 0 saturated carbocycles. The van der Waals surface area contributed by atoms with Crippen molar-refractivity contribution < 1.29 is 23.8 Å². The Balaban J connectivity index is 1.75. The number of carbonyl (C=O) groups excluding carboxylic acids is 2. The lowest BCUT2D eigenvalue weighted by Crippen LogP contribution is -2.20. The molecule has 2 aromatic carbocycles. The van der Waals surface area contributed by atoms with Crippen molar-refractivity contribution in [2.45, 2.75) is 6.92 Å². The number of anilines is 1. The van der Waals surface area contributed by atoms with Gasteiger partial charge < -0.3 is 19.5 Å². The molecule has 0 atom stereocenters. The van der Waals surface area contributed by atoms with E-state index in [1.165, 1.54) is 0 Å². The SMILES string of the molecule is CCOC(=O)c1ccc(NC(=O)c2cccc3c2OCCO3)cc1. The van der Waals surface area contributed by atoms with Gasteiger partial charge in [-0.2, -0.15) is 0 Å². The van der Waals surface area contributed by atoms with Crippen molar-refractivity contribution in [2.24, 2.45) is 0 Å². The Hall–Kier alpha value is -3.02. The number of rotatable bonds is 4. The molecule has 3 rings (SSSR count). The van der Waals surface area contributed by atoms with Gasteiger partial charge in [-0.3, -0.25) is 4.79 Å². The fourth-order valence-corrected chi connectivity index (χ4v) is 2.36. The summed E-state index contributed by atoms with van der Waals surface area (Å²) >= 11 is 0. The summed E-state index contributed by atoms with van der Waals surface area (Å²) in [6.07, 6.45) is 0. The average molecular weight is 327 g/mol. The first-order valence-corrected chi connectivity index (χ1v) is 7.66. The van der Waals surface area contributed by atoms with Crippen LogP contribution in [0.25, 0.3) is 0 Å². The quantitative estimate of drug-likeness (QED) is 0.874. The molecule has 1 heterocycles. The number of ether oxygens (including phenoxy) is 3. The molecule has 0 aromatic heterocycles. The Morgan fingerprint density at radius 2 is 1.83 bits per heavy atom. The highest BCUT2D eigenvalue weighted by Gasteiger charge is 2.20. The molecule has 0 unspecified atom stereocenters. The summed E-state index contributed by atoms with van der Waals surface area (Å²) in [6, 6.07) is 11.7. The van der Waals surface area contributed by atoms with Crippen LogP contribution < -0.4 is 14.8 Å². The number of nitrogens with one attached hydrogen (secondary N) is 1. The third-order valence-electron chi connectivity index (χ3n) is 3.46. The summed E-state index contributed by atoms with van der Waals surface area (Å²) < 4.78 is 15.9. The van der Waals surface area contributed by atoms with Crippen LogP contribution in [0, 0.1) is 0 Å². The zero-order valence-corrected chi connectivity index (χ0v) is 13.2. The highest BCUT2D eigenvalue weighted by Crippen LogP contribution is 2.33. The van der Waals surface area contributed by atoms with Crippen molar-refractivity contribution in [3.63, 3.8) is 0 Å². The minimum Gasteiger partial charge on any atom is -0.486 e. The van der Waals surface area contributed by atoms with Crippen LogP contribution in [0.15, 0.2) is 42.5 Å². The van der Waals surface area contributed by atoms with E-state index in [2.05, 4.69) is 5.32 Å².